The molecule has 0 radical (unpaired) electrons. The zero-order valence-electron chi connectivity index (χ0n) is 11.8. The summed E-state index contributed by atoms with van der Waals surface area (Å²) in [5.74, 6) is -0.181. The fraction of sp³-hybridized carbons (Fsp3) is 0.923. The standard InChI is InChI=1S/C13H27NO2/c1-8-13(5,6)9-14-10(11(15)16-7)12(2,3)4/h10,14H,8-9H2,1-7H3/t10-/m1/s1. The Kier molecular flexibility index (Phi) is 5.47. The zero-order chi connectivity index (χ0) is 13.0. The van der Waals surface area contributed by atoms with Crippen molar-refractivity contribution in [1.29, 1.82) is 0 Å². The molecule has 96 valence electrons. The van der Waals surface area contributed by atoms with Crippen molar-refractivity contribution in [2.45, 2.75) is 54.0 Å². The van der Waals surface area contributed by atoms with Crippen LogP contribution in [0, 0.1) is 10.8 Å². The number of ether oxygens (including phenoxy) is 1. The molecule has 0 aliphatic heterocycles. The molecule has 3 nitrogen and oxygen atoms in total. The first kappa shape index (κ1) is 15.4. The number of carbonyl (C=O) groups is 1. The Morgan fingerprint density at radius 3 is 2.06 bits per heavy atom. The molecule has 3 heteroatoms. The second-order valence-electron chi connectivity index (χ2n) is 6.22. The molecule has 0 heterocycles. The Morgan fingerprint density at radius 1 is 1.25 bits per heavy atom. The molecule has 0 amide bonds. The minimum atomic E-state index is -0.247. The molecule has 0 bridgehead atoms. The van der Waals surface area contributed by atoms with Gasteiger partial charge in [0, 0.05) is 6.54 Å². The van der Waals surface area contributed by atoms with E-state index < -0.39 is 0 Å². The number of hydrogen-bond acceptors (Lipinski definition) is 3. The maximum absolute atomic E-state index is 11.7. The Bertz CT molecular complexity index is 229. The van der Waals surface area contributed by atoms with Crippen molar-refractivity contribution >= 4 is 5.97 Å². The second kappa shape index (κ2) is 5.67. The lowest BCUT2D eigenvalue weighted by Gasteiger charge is -2.33. The van der Waals surface area contributed by atoms with Crippen molar-refractivity contribution in [3.8, 4) is 0 Å². The van der Waals surface area contributed by atoms with E-state index in [0.29, 0.717) is 0 Å². The van der Waals surface area contributed by atoms with Crippen LogP contribution >= 0.6 is 0 Å². The third-order valence-electron chi connectivity index (χ3n) is 3.04. The molecule has 0 unspecified atom stereocenters. The summed E-state index contributed by atoms with van der Waals surface area (Å²) in [4.78, 5) is 11.7. The van der Waals surface area contributed by atoms with Gasteiger partial charge < -0.3 is 10.1 Å². The van der Waals surface area contributed by atoms with E-state index in [1.807, 2.05) is 20.8 Å². The van der Waals surface area contributed by atoms with Crippen LogP contribution in [0.4, 0.5) is 0 Å². The molecule has 0 aliphatic carbocycles. The molecule has 0 saturated heterocycles. The van der Waals surface area contributed by atoms with Crippen LogP contribution in [0.25, 0.3) is 0 Å². The highest BCUT2D eigenvalue weighted by Crippen LogP contribution is 2.23. The third kappa shape index (κ3) is 4.97. The predicted molar refractivity (Wildman–Crippen MR) is 67.3 cm³/mol. The Balaban J connectivity index is 4.53. The first-order chi connectivity index (χ1) is 7.14. The molecule has 1 atom stereocenters. The van der Waals surface area contributed by atoms with Crippen LogP contribution in [0.2, 0.25) is 0 Å². The van der Waals surface area contributed by atoms with Gasteiger partial charge in [0.25, 0.3) is 0 Å². The summed E-state index contributed by atoms with van der Waals surface area (Å²) in [6.45, 7) is 13.5. The molecule has 0 rings (SSSR count). The van der Waals surface area contributed by atoms with Crippen molar-refractivity contribution in [2.75, 3.05) is 13.7 Å². The van der Waals surface area contributed by atoms with Crippen LogP contribution < -0.4 is 5.32 Å². The molecule has 0 aliphatic rings. The predicted octanol–water partition coefficient (Wildman–Crippen LogP) is 2.60. The molecule has 0 fully saturated rings. The lowest BCUT2D eigenvalue weighted by Crippen LogP contribution is -2.49. The Labute approximate surface area is 99.9 Å². The molecule has 0 spiro atoms. The van der Waals surface area contributed by atoms with E-state index in [0.717, 1.165) is 13.0 Å². The summed E-state index contributed by atoms with van der Waals surface area (Å²) in [7, 11) is 1.44. The number of carbonyl (C=O) groups excluding carboxylic acids is 1. The Morgan fingerprint density at radius 2 is 1.75 bits per heavy atom. The molecule has 16 heavy (non-hydrogen) atoms. The molecule has 0 aromatic rings. The van der Waals surface area contributed by atoms with Gasteiger partial charge in [0.1, 0.15) is 6.04 Å². The van der Waals surface area contributed by atoms with Gasteiger partial charge in [-0.15, -0.1) is 0 Å². The maximum Gasteiger partial charge on any atom is 0.323 e. The molecule has 0 saturated carbocycles. The number of hydrogen-bond donors (Lipinski definition) is 1. The maximum atomic E-state index is 11.7. The number of esters is 1. The van der Waals surface area contributed by atoms with Gasteiger partial charge in [0.05, 0.1) is 7.11 Å². The van der Waals surface area contributed by atoms with Gasteiger partial charge in [-0.1, -0.05) is 41.5 Å². The third-order valence-corrected chi connectivity index (χ3v) is 3.04. The van der Waals surface area contributed by atoms with E-state index in [4.69, 9.17) is 4.74 Å². The van der Waals surface area contributed by atoms with Crippen molar-refractivity contribution in [1.82, 2.24) is 5.32 Å². The molecule has 0 aromatic heterocycles. The first-order valence-electron chi connectivity index (χ1n) is 5.95. The Hall–Kier alpha value is -0.570. The van der Waals surface area contributed by atoms with Crippen LogP contribution in [-0.4, -0.2) is 25.7 Å². The van der Waals surface area contributed by atoms with Gasteiger partial charge >= 0.3 is 5.97 Å². The van der Waals surface area contributed by atoms with Crippen LogP contribution in [0.5, 0.6) is 0 Å². The fourth-order valence-electron chi connectivity index (χ4n) is 1.36. The van der Waals surface area contributed by atoms with E-state index in [1.54, 1.807) is 0 Å². The number of nitrogens with one attached hydrogen (secondary N) is 1. The normalized spacial score (nSPS) is 14.7. The average molecular weight is 229 g/mol. The number of rotatable bonds is 5. The largest absolute Gasteiger partial charge is 0.468 e. The quantitative estimate of drug-likeness (QED) is 0.736. The van der Waals surface area contributed by atoms with Crippen LogP contribution in [-0.2, 0) is 9.53 Å². The topological polar surface area (TPSA) is 38.3 Å². The van der Waals surface area contributed by atoms with E-state index >= 15 is 0 Å². The minimum absolute atomic E-state index is 0.128. The lowest BCUT2D eigenvalue weighted by molar-refractivity contribution is -0.146. The number of methoxy groups -OCH3 is 1. The summed E-state index contributed by atoms with van der Waals surface area (Å²) in [6, 6.07) is -0.247. The van der Waals surface area contributed by atoms with Crippen LogP contribution in [0.1, 0.15) is 48.0 Å². The monoisotopic (exact) mass is 229 g/mol. The van der Waals surface area contributed by atoms with E-state index in [9.17, 15) is 4.79 Å². The van der Waals surface area contributed by atoms with Gasteiger partial charge in [-0.05, 0) is 17.3 Å². The van der Waals surface area contributed by atoms with Crippen molar-refractivity contribution in [3.05, 3.63) is 0 Å². The first-order valence-corrected chi connectivity index (χ1v) is 5.95. The summed E-state index contributed by atoms with van der Waals surface area (Å²) in [5.41, 5.74) is 0.0778. The fourth-order valence-corrected chi connectivity index (χ4v) is 1.36. The molecular weight excluding hydrogens is 202 g/mol. The summed E-state index contributed by atoms with van der Waals surface area (Å²) in [5, 5.41) is 3.33. The zero-order valence-corrected chi connectivity index (χ0v) is 11.8. The smallest absolute Gasteiger partial charge is 0.323 e. The SMILES string of the molecule is CCC(C)(C)CN[C@H](C(=O)OC)C(C)(C)C. The van der Waals surface area contributed by atoms with Gasteiger partial charge in [-0.2, -0.15) is 0 Å². The molecule has 0 aromatic carbocycles. The van der Waals surface area contributed by atoms with Gasteiger partial charge in [-0.25, -0.2) is 0 Å². The van der Waals surface area contributed by atoms with Gasteiger partial charge in [0.2, 0.25) is 0 Å². The minimum Gasteiger partial charge on any atom is -0.468 e. The van der Waals surface area contributed by atoms with Gasteiger partial charge in [0.15, 0.2) is 0 Å². The van der Waals surface area contributed by atoms with Crippen molar-refractivity contribution in [3.63, 3.8) is 0 Å². The lowest BCUT2D eigenvalue weighted by atomic mass is 9.84. The van der Waals surface area contributed by atoms with Crippen molar-refractivity contribution in [2.24, 2.45) is 10.8 Å². The van der Waals surface area contributed by atoms with Crippen LogP contribution in [0.15, 0.2) is 0 Å². The van der Waals surface area contributed by atoms with E-state index in [-0.39, 0.29) is 22.8 Å². The second-order valence-corrected chi connectivity index (χ2v) is 6.22. The van der Waals surface area contributed by atoms with Crippen molar-refractivity contribution < 1.29 is 9.53 Å². The van der Waals surface area contributed by atoms with E-state index in [1.165, 1.54) is 7.11 Å². The highest BCUT2D eigenvalue weighted by molar-refractivity contribution is 5.76. The molecular formula is C13H27NO2. The summed E-state index contributed by atoms with van der Waals surface area (Å²) >= 11 is 0. The average Bonchev–Trinajstić information content (AvgIpc) is 2.15. The van der Waals surface area contributed by atoms with Gasteiger partial charge in [-0.3, -0.25) is 4.79 Å². The van der Waals surface area contributed by atoms with E-state index in [2.05, 4.69) is 26.1 Å². The highest BCUT2D eigenvalue weighted by Gasteiger charge is 2.33. The summed E-state index contributed by atoms with van der Waals surface area (Å²) < 4.78 is 4.84. The highest BCUT2D eigenvalue weighted by atomic mass is 16.5. The summed E-state index contributed by atoms with van der Waals surface area (Å²) in [6.07, 6.45) is 1.08. The van der Waals surface area contributed by atoms with Crippen LogP contribution in [0.3, 0.4) is 0 Å². The molecule has 1 N–H and O–H groups in total.